The van der Waals surface area contributed by atoms with Gasteiger partial charge in [0.2, 0.25) is 11.8 Å². The minimum absolute atomic E-state index is 0.0813. The topological polar surface area (TPSA) is 68.8 Å². The van der Waals surface area contributed by atoms with E-state index in [4.69, 9.17) is 4.98 Å². The van der Waals surface area contributed by atoms with Gasteiger partial charge in [-0.15, -0.1) is 0 Å². The number of amides is 2. The van der Waals surface area contributed by atoms with Gasteiger partial charge in [-0.3, -0.25) is 19.5 Å². The molecule has 2 amide bonds. The van der Waals surface area contributed by atoms with Crippen molar-refractivity contribution in [3.63, 3.8) is 0 Å². The van der Waals surface area contributed by atoms with Crippen LogP contribution < -0.4 is 10.2 Å². The summed E-state index contributed by atoms with van der Waals surface area (Å²) in [6.45, 7) is 8.37. The number of piperidine rings is 1. The Morgan fingerprint density at radius 2 is 1.81 bits per heavy atom. The number of likely N-dealkylation sites (tertiary alicyclic amines) is 1. The predicted octanol–water partition coefficient (Wildman–Crippen LogP) is 3.12. The van der Waals surface area contributed by atoms with E-state index in [-0.39, 0.29) is 35.4 Å². The van der Waals surface area contributed by atoms with Gasteiger partial charge in [-0.2, -0.15) is 0 Å². The van der Waals surface area contributed by atoms with E-state index >= 15 is 0 Å². The molecule has 1 atom stereocenters. The molecule has 7 heteroatoms. The Morgan fingerprint density at radius 1 is 1.05 bits per heavy atom. The number of piperazine rings is 1. The van der Waals surface area contributed by atoms with Crippen molar-refractivity contribution in [2.45, 2.75) is 69.4 Å². The van der Waals surface area contributed by atoms with Crippen LogP contribution in [-0.2, 0) is 21.4 Å². The second-order valence-corrected chi connectivity index (χ2v) is 12.2. The largest absolute Gasteiger partial charge is 0.341 e. The van der Waals surface area contributed by atoms with Gasteiger partial charge in [0.05, 0.1) is 12.2 Å². The van der Waals surface area contributed by atoms with Crippen molar-refractivity contribution in [3.8, 4) is 0 Å². The van der Waals surface area contributed by atoms with Gasteiger partial charge >= 0.3 is 0 Å². The second kappa shape index (κ2) is 9.52. The molecule has 1 aliphatic carbocycles. The molecule has 3 aliphatic heterocycles. The first-order chi connectivity index (χ1) is 17.8. The molecule has 3 fully saturated rings. The van der Waals surface area contributed by atoms with E-state index in [2.05, 4.69) is 42.3 Å². The lowest BCUT2D eigenvalue weighted by Gasteiger charge is -2.42. The van der Waals surface area contributed by atoms with Gasteiger partial charge in [-0.25, -0.2) is 0 Å². The van der Waals surface area contributed by atoms with Gasteiger partial charge in [0, 0.05) is 67.6 Å². The number of carbonyl (C=O) groups excluding carboxylic acids is 2. The maximum absolute atomic E-state index is 13.9. The van der Waals surface area contributed by atoms with Crippen molar-refractivity contribution >= 4 is 17.5 Å². The van der Waals surface area contributed by atoms with Gasteiger partial charge in [-0.1, -0.05) is 44.2 Å². The van der Waals surface area contributed by atoms with Crippen molar-refractivity contribution in [1.82, 2.24) is 20.1 Å². The van der Waals surface area contributed by atoms with Crippen LogP contribution in [-0.4, -0.2) is 77.4 Å². The van der Waals surface area contributed by atoms with Crippen molar-refractivity contribution in [1.29, 1.82) is 0 Å². The molecule has 2 aromatic rings. The average Bonchev–Trinajstić information content (AvgIpc) is 3.59. The van der Waals surface area contributed by atoms with Crippen LogP contribution in [0.4, 0.5) is 5.69 Å². The van der Waals surface area contributed by atoms with Crippen LogP contribution in [0.15, 0.2) is 42.6 Å². The average molecular weight is 502 g/mol. The van der Waals surface area contributed by atoms with Gasteiger partial charge in [0.25, 0.3) is 0 Å². The Morgan fingerprint density at radius 3 is 2.54 bits per heavy atom. The number of hydrogen-bond donors (Lipinski definition) is 1. The zero-order chi connectivity index (χ0) is 25.6. The van der Waals surface area contributed by atoms with Gasteiger partial charge in [0.1, 0.15) is 6.04 Å². The van der Waals surface area contributed by atoms with Gasteiger partial charge < -0.3 is 15.1 Å². The number of aromatic nitrogens is 1. The highest BCUT2D eigenvalue weighted by atomic mass is 16.2. The van der Waals surface area contributed by atoms with Crippen LogP contribution >= 0.6 is 0 Å². The zero-order valence-electron chi connectivity index (χ0n) is 22.2. The molecule has 196 valence electrons. The van der Waals surface area contributed by atoms with Crippen molar-refractivity contribution < 1.29 is 9.59 Å². The summed E-state index contributed by atoms with van der Waals surface area (Å²) in [4.78, 5) is 38.4. The molecule has 0 radical (unpaired) electrons. The van der Waals surface area contributed by atoms with Crippen molar-refractivity contribution in [2.24, 2.45) is 0 Å². The fraction of sp³-hybridized carbons (Fsp3) is 0.567. The first kappa shape index (κ1) is 24.6. The lowest BCUT2D eigenvalue weighted by molar-refractivity contribution is -0.140. The normalized spacial score (nSPS) is 24.2. The van der Waals surface area contributed by atoms with Crippen LogP contribution in [0.25, 0.3) is 0 Å². The molecule has 4 heterocycles. The Kier molecular flexibility index (Phi) is 6.32. The number of nitrogens with zero attached hydrogens (tertiary/aromatic N) is 4. The van der Waals surface area contributed by atoms with E-state index in [0.29, 0.717) is 13.1 Å². The summed E-state index contributed by atoms with van der Waals surface area (Å²) in [6, 6.07) is 12.2. The minimum atomic E-state index is -0.269. The smallest absolute Gasteiger partial charge is 0.241 e. The summed E-state index contributed by atoms with van der Waals surface area (Å²) in [6.07, 6.45) is 8.30. The summed E-state index contributed by atoms with van der Waals surface area (Å²) >= 11 is 0. The summed E-state index contributed by atoms with van der Waals surface area (Å²) in [5.74, 6) is 0.268. The molecule has 1 N–H and O–H groups in total. The number of nitrogens with one attached hydrogen (secondary N) is 1. The predicted molar refractivity (Wildman–Crippen MR) is 145 cm³/mol. The molecule has 7 nitrogen and oxygen atoms in total. The fourth-order valence-electron chi connectivity index (χ4n) is 6.40. The highest BCUT2D eigenvalue weighted by Crippen LogP contribution is 2.42. The number of carbonyl (C=O) groups is 2. The zero-order valence-corrected chi connectivity index (χ0v) is 22.2. The Balaban J connectivity index is 1.23. The van der Waals surface area contributed by atoms with Crippen LogP contribution in [0.5, 0.6) is 0 Å². The third-order valence-electron chi connectivity index (χ3n) is 8.80. The first-order valence-electron chi connectivity index (χ1n) is 14.0. The minimum Gasteiger partial charge on any atom is -0.341 e. The molecule has 1 aromatic carbocycles. The summed E-state index contributed by atoms with van der Waals surface area (Å²) < 4.78 is 0. The Hall–Kier alpha value is -2.77. The molecular formula is C30H39N5O2. The Labute approximate surface area is 220 Å². The quantitative estimate of drug-likeness (QED) is 0.682. The molecule has 1 spiro atoms. The van der Waals surface area contributed by atoms with Crippen molar-refractivity contribution in [2.75, 3.05) is 44.2 Å². The molecule has 1 saturated carbocycles. The molecule has 37 heavy (non-hydrogen) atoms. The highest BCUT2D eigenvalue weighted by molar-refractivity contribution is 5.98. The number of benzene rings is 1. The van der Waals surface area contributed by atoms with Crippen LogP contribution in [0.1, 0.15) is 62.8 Å². The number of hydrogen-bond acceptors (Lipinski definition) is 5. The van der Waals surface area contributed by atoms with E-state index in [1.54, 1.807) is 0 Å². The Bertz CT molecular complexity index is 1170. The van der Waals surface area contributed by atoms with Gasteiger partial charge in [0.15, 0.2) is 0 Å². The fourth-order valence-corrected chi connectivity index (χ4v) is 6.40. The summed E-state index contributed by atoms with van der Waals surface area (Å²) in [7, 11) is 0. The van der Waals surface area contributed by atoms with E-state index in [1.165, 1.54) is 12.0 Å². The number of fused-ring (bicyclic) bond motifs is 1. The first-order valence-corrected chi connectivity index (χ1v) is 14.0. The van der Waals surface area contributed by atoms with E-state index in [9.17, 15) is 9.59 Å². The second-order valence-electron chi connectivity index (χ2n) is 12.2. The van der Waals surface area contributed by atoms with E-state index < -0.39 is 0 Å². The SMILES string of the molecule is CC1(C)CN(C(=O)CN2CC3(CC3)NC[C@@H]2C(=O)N2CCCCC2)c2cc(Cc3ccccc3)ncc21. The lowest BCUT2D eigenvalue weighted by atomic mass is 9.88. The molecule has 0 bridgehead atoms. The van der Waals surface area contributed by atoms with Crippen LogP contribution in [0.2, 0.25) is 0 Å². The van der Waals surface area contributed by atoms with E-state index in [0.717, 1.165) is 68.7 Å². The third-order valence-corrected chi connectivity index (χ3v) is 8.80. The number of anilines is 1. The highest BCUT2D eigenvalue weighted by Gasteiger charge is 2.50. The van der Waals surface area contributed by atoms with Crippen LogP contribution in [0.3, 0.4) is 0 Å². The molecular weight excluding hydrogens is 462 g/mol. The van der Waals surface area contributed by atoms with Crippen molar-refractivity contribution in [3.05, 3.63) is 59.4 Å². The molecule has 1 aromatic heterocycles. The maximum Gasteiger partial charge on any atom is 0.241 e. The lowest BCUT2D eigenvalue weighted by Crippen LogP contribution is -2.64. The monoisotopic (exact) mass is 501 g/mol. The van der Waals surface area contributed by atoms with Gasteiger partial charge in [-0.05, 0) is 43.7 Å². The van der Waals surface area contributed by atoms with E-state index in [1.807, 2.05) is 34.2 Å². The molecule has 2 saturated heterocycles. The number of pyridine rings is 1. The summed E-state index contributed by atoms with van der Waals surface area (Å²) in [5.41, 5.74) is 4.21. The maximum atomic E-state index is 13.9. The molecule has 6 rings (SSSR count). The standard InChI is InChI=1S/C30H39N5O2/c1-29(2)20-35(25-16-23(31-17-24(25)29)15-22-9-5-3-6-10-22)27(36)19-34-21-30(11-12-30)32-18-26(34)28(37)33-13-7-4-8-14-33/h3,5-6,9-10,16-17,26,32H,4,7-8,11-15,18-21H2,1-2H3/t26-/m1/s1. The third kappa shape index (κ3) is 4.91. The molecule has 4 aliphatic rings. The molecule has 0 unspecified atom stereocenters. The number of rotatable bonds is 5. The van der Waals surface area contributed by atoms with Crippen LogP contribution in [0, 0.1) is 0 Å². The summed E-state index contributed by atoms with van der Waals surface area (Å²) in [5, 5.41) is 3.65.